The van der Waals surface area contributed by atoms with Crippen molar-refractivity contribution >= 4 is 49.9 Å². The van der Waals surface area contributed by atoms with Crippen LogP contribution in [0.1, 0.15) is 6.92 Å². The number of rotatable bonds is 1. The van der Waals surface area contributed by atoms with Gasteiger partial charge in [0.25, 0.3) is 0 Å². The van der Waals surface area contributed by atoms with Crippen molar-refractivity contribution in [3.8, 4) is 0 Å². The van der Waals surface area contributed by atoms with Crippen LogP contribution in [0, 0.1) is 0 Å². The summed E-state index contributed by atoms with van der Waals surface area (Å²) in [5.74, 6) is -1.44. The minimum Gasteiger partial charge on any atom is -0.652 e. The van der Waals surface area contributed by atoms with Crippen LogP contribution in [0.5, 0.6) is 0 Å². The van der Waals surface area contributed by atoms with Crippen molar-refractivity contribution < 1.29 is 59.6 Å². The normalized spacial score (nSPS) is 8.83. The molecule has 1 atom stereocenters. The second-order valence-corrected chi connectivity index (χ2v) is 1.25. The molecule has 0 bridgehead atoms. The molecule has 0 fully saturated rings. The molecule has 0 aliphatic carbocycles. The second kappa shape index (κ2) is 14.5. The zero-order valence-electron chi connectivity index (χ0n) is 6.77. The van der Waals surface area contributed by atoms with E-state index in [2.05, 4.69) is 0 Å². The van der Waals surface area contributed by atoms with Crippen molar-refractivity contribution in [1.29, 1.82) is 0 Å². The molecule has 0 heterocycles. The third-order valence-corrected chi connectivity index (χ3v) is 0.341. The van der Waals surface area contributed by atoms with Gasteiger partial charge in [0.15, 0.2) is 0 Å². The van der Waals surface area contributed by atoms with Crippen molar-refractivity contribution in [3.63, 3.8) is 0 Å². The van der Waals surface area contributed by atoms with Crippen LogP contribution in [0.25, 0.3) is 0 Å². The maximum Gasteiger partial charge on any atom is 2.00 e. The van der Waals surface area contributed by atoms with Crippen molar-refractivity contribution in [2.24, 2.45) is 0 Å². The molecule has 1 unspecified atom stereocenters. The quantitative estimate of drug-likeness (QED) is 0.430. The van der Waals surface area contributed by atoms with Crippen LogP contribution in [0.15, 0.2) is 0 Å². The Labute approximate surface area is 121 Å². The van der Waals surface area contributed by atoms with E-state index in [1.165, 1.54) is 0 Å². The summed E-state index contributed by atoms with van der Waals surface area (Å²) >= 11 is 0. The van der Waals surface area contributed by atoms with E-state index < -0.39 is 18.2 Å². The summed E-state index contributed by atoms with van der Waals surface area (Å²) in [5.41, 5.74) is 0. The standard InChI is InChI=1S/C3H6O3.CH2O3.Ca.Na/c1-2(4)3(5)6;2-1(3)4;;/h2,4H,1H3,(H,5,6);(H2,2,3,4);;/q;;+2;+1/p-3. The molecule has 1 N–H and O–H groups in total. The molecule has 0 aromatic rings. The summed E-state index contributed by atoms with van der Waals surface area (Å²) in [4.78, 5) is 17.7. The van der Waals surface area contributed by atoms with E-state index >= 15 is 0 Å². The Morgan fingerprint density at radius 1 is 1.25 bits per heavy atom. The first-order chi connectivity index (χ1) is 4.37. The third-order valence-electron chi connectivity index (χ3n) is 0.341. The van der Waals surface area contributed by atoms with E-state index in [0.29, 0.717) is 0 Å². The van der Waals surface area contributed by atoms with Crippen molar-refractivity contribution in [2.75, 3.05) is 0 Å². The van der Waals surface area contributed by atoms with Crippen LogP contribution in [-0.2, 0) is 4.79 Å². The van der Waals surface area contributed by atoms with Gasteiger partial charge in [-0.05, 0) is 13.1 Å². The van der Waals surface area contributed by atoms with Crippen molar-refractivity contribution in [2.45, 2.75) is 13.0 Å². The van der Waals surface area contributed by atoms with Crippen LogP contribution in [0.3, 0.4) is 0 Å². The van der Waals surface area contributed by atoms with E-state index in [4.69, 9.17) is 20.1 Å². The van der Waals surface area contributed by atoms with Crippen molar-refractivity contribution in [1.82, 2.24) is 0 Å². The van der Waals surface area contributed by atoms with Gasteiger partial charge < -0.3 is 30.0 Å². The van der Waals surface area contributed by atoms with Crippen LogP contribution in [0.4, 0.5) is 4.79 Å². The summed E-state index contributed by atoms with van der Waals surface area (Å²) in [5, 5.41) is 34.0. The Hall–Kier alpha value is 0.960. The molecule has 0 aliphatic heterocycles. The molecule has 60 valence electrons. The first kappa shape index (κ1) is 23.1. The summed E-state index contributed by atoms with van der Waals surface area (Å²) in [6.07, 6.45) is -3.68. The number of hydrogen-bond donors (Lipinski definition) is 1. The van der Waals surface area contributed by atoms with Crippen LogP contribution >= 0.6 is 0 Å². The van der Waals surface area contributed by atoms with E-state index in [9.17, 15) is 9.90 Å². The van der Waals surface area contributed by atoms with Crippen LogP contribution in [0.2, 0.25) is 0 Å². The molecular weight excluding hydrogens is 207 g/mol. The number of hydrogen-bond acceptors (Lipinski definition) is 6. The molecule has 0 aromatic carbocycles. The molecule has 0 amide bonds. The average Bonchev–Trinajstić information content (AvgIpc) is 1.63. The van der Waals surface area contributed by atoms with E-state index in [1.54, 1.807) is 0 Å². The minimum atomic E-state index is -2.33. The molecule has 12 heavy (non-hydrogen) atoms. The van der Waals surface area contributed by atoms with Crippen molar-refractivity contribution in [3.05, 3.63) is 0 Å². The maximum absolute atomic E-state index is 9.34. The Morgan fingerprint density at radius 2 is 1.33 bits per heavy atom. The van der Waals surface area contributed by atoms with Gasteiger partial charge in [0, 0.05) is 0 Å². The predicted octanol–water partition coefficient (Wildman–Crippen LogP) is -7.71. The molecule has 0 saturated carbocycles. The summed E-state index contributed by atoms with van der Waals surface area (Å²) < 4.78 is 0. The fraction of sp³-hybridized carbons (Fsp3) is 0.500. The van der Waals surface area contributed by atoms with E-state index in [0.717, 1.165) is 6.92 Å². The number of carboxylic acids is 1. The van der Waals surface area contributed by atoms with Crippen LogP contribution < -0.4 is 44.9 Å². The maximum atomic E-state index is 9.34. The Morgan fingerprint density at radius 3 is 1.33 bits per heavy atom. The third kappa shape index (κ3) is 44.2. The molecule has 0 aromatic heterocycles. The smallest absolute Gasteiger partial charge is 0.652 e. The second-order valence-electron chi connectivity index (χ2n) is 1.25. The molecule has 0 radical (unpaired) electrons. The number of carbonyl (C=O) groups excluding carboxylic acids is 2. The number of aliphatic hydroxyl groups is 1. The first-order valence-corrected chi connectivity index (χ1v) is 2.14. The average molecular weight is 212 g/mol. The first-order valence-electron chi connectivity index (χ1n) is 2.14. The Balaban J connectivity index is -0.0000000483. The minimum absolute atomic E-state index is 0. The fourth-order valence-corrected chi connectivity index (χ4v) is 0. The SMILES string of the molecule is CC(O)C(=O)[O-].O=C([O-])[O-].[Ca+2].[Na+]. The predicted molar refractivity (Wildman–Crippen MR) is 27.8 cm³/mol. The molecular formula is C4H5CaNaO6. The summed E-state index contributed by atoms with van der Waals surface area (Å²) in [6, 6.07) is 0. The zero-order valence-corrected chi connectivity index (χ0v) is 11.0. The van der Waals surface area contributed by atoms with E-state index in [1.807, 2.05) is 0 Å². The van der Waals surface area contributed by atoms with Gasteiger partial charge in [-0.2, -0.15) is 0 Å². The molecule has 0 aliphatic rings. The Kier molecular flexibility index (Phi) is 27.9. The van der Waals surface area contributed by atoms with Gasteiger partial charge in [-0.15, -0.1) is 0 Å². The topological polar surface area (TPSA) is 124 Å². The van der Waals surface area contributed by atoms with E-state index in [-0.39, 0.29) is 67.3 Å². The summed E-state index contributed by atoms with van der Waals surface area (Å²) in [7, 11) is 0. The summed E-state index contributed by atoms with van der Waals surface area (Å²) in [6.45, 7) is 1.13. The monoisotopic (exact) mass is 212 g/mol. The van der Waals surface area contributed by atoms with Gasteiger partial charge in [0.2, 0.25) is 0 Å². The zero-order chi connectivity index (χ0) is 8.73. The van der Waals surface area contributed by atoms with Gasteiger partial charge in [0.05, 0.1) is 12.1 Å². The fourth-order valence-electron chi connectivity index (χ4n) is 0. The molecule has 8 heteroatoms. The van der Waals surface area contributed by atoms with Gasteiger partial charge in [-0.25, -0.2) is 0 Å². The van der Waals surface area contributed by atoms with Gasteiger partial charge in [-0.3, -0.25) is 0 Å². The van der Waals surface area contributed by atoms with Crippen LogP contribution in [-0.4, -0.2) is 61.1 Å². The number of carbonyl (C=O) groups is 2. The molecule has 0 saturated heterocycles. The molecule has 0 spiro atoms. The number of aliphatic hydroxyl groups excluding tert-OH is 1. The van der Waals surface area contributed by atoms with Gasteiger partial charge in [0.1, 0.15) is 0 Å². The largest absolute Gasteiger partial charge is 2.00 e. The molecule has 0 rings (SSSR count). The molecule has 6 nitrogen and oxygen atoms in total. The Bertz CT molecular complexity index is 123. The van der Waals surface area contributed by atoms with Gasteiger partial charge in [-0.1, -0.05) is 0 Å². The number of carboxylic acid groups (broad SMARTS) is 3. The van der Waals surface area contributed by atoms with Gasteiger partial charge >= 0.3 is 67.3 Å². The number of aliphatic carboxylic acids is 1.